The van der Waals surface area contributed by atoms with E-state index < -0.39 is 0 Å². The van der Waals surface area contributed by atoms with Gasteiger partial charge in [0.1, 0.15) is 6.07 Å². The minimum Gasteiger partial charge on any atom is -0.502 e. The Labute approximate surface area is 98.5 Å². The van der Waals surface area contributed by atoms with Crippen molar-refractivity contribution >= 4 is 12.4 Å². The first-order valence-corrected chi connectivity index (χ1v) is 4.68. The third-order valence-electron chi connectivity index (χ3n) is 2.08. The molecule has 0 amide bonds. The van der Waals surface area contributed by atoms with Crippen molar-refractivity contribution in [2.75, 3.05) is 14.2 Å². The SMILES string of the molecule is COc1cc(/C=C(/C#N)C=O)cc(OC)c1O. The second kappa shape index (κ2) is 5.56. The molecule has 1 rings (SSSR count). The average molecular weight is 233 g/mol. The van der Waals surface area contributed by atoms with Crippen LogP contribution in [0.2, 0.25) is 0 Å². The van der Waals surface area contributed by atoms with Crippen LogP contribution in [0.15, 0.2) is 17.7 Å². The van der Waals surface area contributed by atoms with Crippen LogP contribution in [0.5, 0.6) is 17.2 Å². The molecule has 1 aromatic carbocycles. The molecule has 88 valence electrons. The van der Waals surface area contributed by atoms with Crippen molar-refractivity contribution in [3.63, 3.8) is 0 Å². The van der Waals surface area contributed by atoms with Gasteiger partial charge in [-0.15, -0.1) is 0 Å². The Hall–Kier alpha value is -2.48. The molecule has 0 bridgehead atoms. The minimum absolute atomic E-state index is 0.0280. The number of aromatic hydroxyl groups is 1. The van der Waals surface area contributed by atoms with E-state index in [0.717, 1.165) is 0 Å². The Kier molecular flexibility index (Phi) is 4.12. The Morgan fingerprint density at radius 2 is 1.88 bits per heavy atom. The fourth-order valence-electron chi connectivity index (χ4n) is 1.27. The number of phenols is 1. The molecule has 0 aromatic heterocycles. The van der Waals surface area contributed by atoms with Crippen LogP contribution in [0.25, 0.3) is 6.08 Å². The maximum Gasteiger partial charge on any atom is 0.200 e. The molecule has 5 heteroatoms. The fourth-order valence-corrected chi connectivity index (χ4v) is 1.27. The van der Waals surface area contributed by atoms with Crippen LogP contribution in [0, 0.1) is 11.3 Å². The quantitative estimate of drug-likeness (QED) is 0.484. The smallest absolute Gasteiger partial charge is 0.200 e. The number of benzene rings is 1. The number of methoxy groups -OCH3 is 2. The van der Waals surface area contributed by atoms with Gasteiger partial charge in [0, 0.05) is 0 Å². The van der Waals surface area contributed by atoms with E-state index in [-0.39, 0.29) is 22.8 Å². The zero-order valence-electron chi connectivity index (χ0n) is 9.43. The van der Waals surface area contributed by atoms with E-state index >= 15 is 0 Å². The number of aldehydes is 1. The summed E-state index contributed by atoms with van der Waals surface area (Å²) in [6, 6.07) is 4.74. The molecule has 0 atom stereocenters. The maximum absolute atomic E-state index is 10.5. The Morgan fingerprint density at radius 1 is 1.35 bits per heavy atom. The summed E-state index contributed by atoms with van der Waals surface area (Å²) in [5.74, 6) is 0.286. The van der Waals surface area contributed by atoms with Gasteiger partial charge in [0.25, 0.3) is 0 Å². The lowest BCUT2D eigenvalue weighted by molar-refractivity contribution is -0.104. The van der Waals surface area contributed by atoms with Crippen LogP contribution < -0.4 is 9.47 Å². The van der Waals surface area contributed by atoms with Crippen molar-refractivity contribution < 1.29 is 19.4 Å². The highest BCUT2D eigenvalue weighted by molar-refractivity contribution is 5.87. The van der Waals surface area contributed by atoms with Gasteiger partial charge in [-0.05, 0) is 23.8 Å². The van der Waals surface area contributed by atoms with Crippen LogP contribution in [-0.4, -0.2) is 25.6 Å². The molecular formula is C12H11NO4. The Bertz CT molecular complexity index is 475. The van der Waals surface area contributed by atoms with Gasteiger partial charge in [0.15, 0.2) is 17.8 Å². The first kappa shape index (κ1) is 12.6. The van der Waals surface area contributed by atoms with E-state index in [0.29, 0.717) is 11.8 Å². The molecule has 0 fully saturated rings. The second-order valence-electron chi connectivity index (χ2n) is 3.10. The van der Waals surface area contributed by atoms with Crippen molar-refractivity contribution in [1.29, 1.82) is 5.26 Å². The summed E-state index contributed by atoms with van der Waals surface area (Å²) in [6.45, 7) is 0. The topological polar surface area (TPSA) is 79.5 Å². The molecule has 0 aliphatic carbocycles. The van der Waals surface area contributed by atoms with E-state index in [9.17, 15) is 9.90 Å². The van der Waals surface area contributed by atoms with E-state index in [4.69, 9.17) is 14.7 Å². The summed E-state index contributed by atoms with van der Waals surface area (Å²) < 4.78 is 9.89. The minimum atomic E-state index is -0.128. The fraction of sp³-hybridized carbons (Fsp3) is 0.167. The average Bonchev–Trinajstić information content (AvgIpc) is 2.37. The molecule has 0 heterocycles. The van der Waals surface area contributed by atoms with E-state index in [1.54, 1.807) is 6.07 Å². The number of carbonyl (C=O) groups is 1. The number of ether oxygens (including phenoxy) is 2. The van der Waals surface area contributed by atoms with Gasteiger partial charge in [-0.1, -0.05) is 0 Å². The second-order valence-corrected chi connectivity index (χ2v) is 3.10. The molecule has 0 aliphatic heterocycles. The summed E-state index contributed by atoms with van der Waals surface area (Å²) in [5, 5.41) is 18.3. The molecule has 0 unspecified atom stereocenters. The predicted molar refractivity (Wildman–Crippen MR) is 60.9 cm³/mol. The number of carbonyl (C=O) groups excluding carboxylic acids is 1. The monoisotopic (exact) mass is 233 g/mol. The maximum atomic E-state index is 10.5. The lowest BCUT2D eigenvalue weighted by Gasteiger charge is -2.09. The van der Waals surface area contributed by atoms with Gasteiger partial charge in [-0.2, -0.15) is 5.26 Å². The number of phenolic OH excluding ortho intramolecular Hbond substituents is 1. The van der Waals surface area contributed by atoms with Crippen molar-refractivity contribution in [2.24, 2.45) is 0 Å². The summed E-state index contributed by atoms with van der Waals surface area (Å²) in [4.78, 5) is 10.5. The zero-order chi connectivity index (χ0) is 12.8. The van der Waals surface area contributed by atoms with E-state index in [2.05, 4.69) is 0 Å². The standard InChI is InChI=1S/C12H11NO4/c1-16-10-4-8(3-9(6-13)7-14)5-11(17-2)12(10)15/h3-5,7,15H,1-2H3/b9-3-. The highest BCUT2D eigenvalue weighted by atomic mass is 16.5. The molecule has 5 nitrogen and oxygen atoms in total. The number of hydrogen-bond acceptors (Lipinski definition) is 5. The van der Waals surface area contributed by atoms with Gasteiger partial charge in [-0.3, -0.25) is 4.79 Å². The summed E-state index contributed by atoms with van der Waals surface area (Å²) in [5.41, 5.74) is 0.500. The Morgan fingerprint density at radius 3 is 2.24 bits per heavy atom. The molecule has 0 saturated heterocycles. The molecule has 0 saturated carbocycles. The third kappa shape index (κ3) is 2.75. The van der Waals surface area contributed by atoms with Crippen LogP contribution >= 0.6 is 0 Å². The van der Waals surface area contributed by atoms with Gasteiger partial charge in [0.2, 0.25) is 5.75 Å². The number of rotatable bonds is 4. The highest BCUT2D eigenvalue weighted by Gasteiger charge is 2.10. The van der Waals surface area contributed by atoms with Gasteiger partial charge >= 0.3 is 0 Å². The largest absolute Gasteiger partial charge is 0.502 e. The van der Waals surface area contributed by atoms with Crippen molar-refractivity contribution in [3.8, 4) is 23.3 Å². The predicted octanol–water partition coefficient (Wildman–Crippen LogP) is 1.52. The van der Waals surface area contributed by atoms with Crippen molar-refractivity contribution in [3.05, 3.63) is 23.3 Å². The van der Waals surface area contributed by atoms with Gasteiger partial charge in [-0.25, -0.2) is 0 Å². The van der Waals surface area contributed by atoms with Crippen LogP contribution in [0.3, 0.4) is 0 Å². The first-order chi connectivity index (χ1) is 8.15. The first-order valence-electron chi connectivity index (χ1n) is 4.68. The number of hydrogen-bond donors (Lipinski definition) is 1. The molecule has 0 aliphatic rings. The molecule has 0 spiro atoms. The van der Waals surface area contributed by atoms with Gasteiger partial charge < -0.3 is 14.6 Å². The molecule has 0 radical (unpaired) electrons. The number of allylic oxidation sites excluding steroid dienone is 1. The Balaban J connectivity index is 3.32. The normalized spacial score (nSPS) is 10.5. The van der Waals surface area contributed by atoms with Crippen LogP contribution in [0.1, 0.15) is 5.56 Å². The third-order valence-corrected chi connectivity index (χ3v) is 2.08. The van der Waals surface area contributed by atoms with Gasteiger partial charge in [0.05, 0.1) is 19.8 Å². The van der Waals surface area contributed by atoms with E-state index in [1.165, 1.54) is 32.4 Å². The molecule has 1 N–H and O–H groups in total. The molecule has 1 aromatic rings. The summed E-state index contributed by atoms with van der Waals surface area (Å²) in [6.07, 6.45) is 1.82. The molecule has 17 heavy (non-hydrogen) atoms. The van der Waals surface area contributed by atoms with Crippen LogP contribution in [-0.2, 0) is 4.79 Å². The molecular weight excluding hydrogens is 222 g/mol. The lowest BCUT2D eigenvalue weighted by Crippen LogP contribution is -1.90. The van der Waals surface area contributed by atoms with Crippen molar-refractivity contribution in [1.82, 2.24) is 0 Å². The number of nitrogens with zero attached hydrogens (tertiary/aromatic N) is 1. The summed E-state index contributed by atoms with van der Waals surface area (Å²) in [7, 11) is 2.79. The lowest BCUT2D eigenvalue weighted by atomic mass is 10.1. The zero-order valence-corrected chi connectivity index (χ0v) is 9.43. The summed E-state index contributed by atoms with van der Waals surface area (Å²) >= 11 is 0. The van der Waals surface area contributed by atoms with E-state index in [1.807, 2.05) is 0 Å². The highest BCUT2D eigenvalue weighted by Crippen LogP contribution is 2.37. The van der Waals surface area contributed by atoms with Crippen LogP contribution in [0.4, 0.5) is 0 Å². The van der Waals surface area contributed by atoms with Crippen molar-refractivity contribution in [2.45, 2.75) is 0 Å². The number of nitriles is 1.